The van der Waals surface area contributed by atoms with Crippen LogP contribution in [0.2, 0.25) is 0 Å². The summed E-state index contributed by atoms with van der Waals surface area (Å²) in [5.74, 6) is 0.979. The standard InChI is InChI=1S/C18H28N2/c1-2-14-3-7-16(8-4-14)20(18-11-12-18)17-9-5-15(13-19)6-10-17/h5-6,9-10,14,16,18H,2-4,7-8,11-13,19H2,1H3. The van der Waals surface area contributed by atoms with Crippen molar-refractivity contribution >= 4 is 5.69 Å². The highest BCUT2D eigenvalue weighted by atomic mass is 15.2. The third-order valence-electron chi connectivity index (χ3n) is 5.20. The predicted octanol–water partition coefficient (Wildman–Crippen LogP) is 4.08. The van der Waals surface area contributed by atoms with Crippen LogP contribution in [-0.4, -0.2) is 12.1 Å². The van der Waals surface area contributed by atoms with Crippen molar-refractivity contribution in [3.05, 3.63) is 29.8 Å². The molecular weight excluding hydrogens is 244 g/mol. The second kappa shape index (κ2) is 6.17. The van der Waals surface area contributed by atoms with E-state index in [0.29, 0.717) is 6.54 Å². The van der Waals surface area contributed by atoms with Crippen LogP contribution in [-0.2, 0) is 6.54 Å². The zero-order valence-corrected chi connectivity index (χ0v) is 12.7. The quantitative estimate of drug-likeness (QED) is 0.875. The van der Waals surface area contributed by atoms with Crippen LogP contribution in [0, 0.1) is 5.92 Å². The molecule has 0 spiro atoms. The molecule has 2 nitrogen and oxygen atoms in total. The van der Waals surface area contributed by atoms with Crippen molar-refractivity contribution in [2.24, 2.45) is 11.7 Å². The van der Waals surface area contributed by atoms with E-state index < -0.39 is 0 Å². The Hall–Kier alpha value is -1.02. The first-order chi connectivity index (χ1) is 9.81. The van der Waals surface area contributed by atoms with E-state index in [1.54, 1.807) is 0 Å². The summed E-state index contributed by atoms with van der Waals surface area (Å²) in [7, 11) is 0. The summed E-state index contributed by atoms with van der Waals surface area (Å²) in [5.41, 5.74) is 8.36. The molecule has 0 radical (unpaired) electrons. The lowest BCUT2D eigenvalue weighted by molar-refractivity contribution is 0.307. The summed E-state index contributed by atoms with van der Waals surface area (Å²) < 4.78 is 0. The Balaban J connectivity index is 1.72. The van der Waals surface area contributed by atoms with Gasteiger partial charge >= 0.3 is 0 Å². The maximum atomic E-state index is 5.71. The molecule has 2 heteroatoms. The van der Waals surface area contributed by atoms with E-state index in [4.69, 9.17) is 5.73 Å². The third-order valence-corrected chi connectivity index (χ3v) is 5.20. The van der Waals surface area contributed by atoms with Crippen LogP contribution in [0.4, 0.5) is 5.69 Å². The summed E-state index contributed by atoms with van der Waals surface area (Å²) in [5, 5.41) is 0. The number of benzene rings is 1. The van der Waals surface area contributed by atoms with E-state index in [1.165, 1.54) is 56.2 Å². The molecule has 0 aromatic heterocycles. The molecule has 0 bridgehead atoms. The number of hydrogen-bond donors (Lipinski definition) is 1. The van der Waals surface area contributed by atoms with Gasteiger partial charge in [-0.3, -0.25) is 0 Å². The van der Waals surface area contributed by atoms with Gasteiger partial charge in [-0.1, -0.05) is 25.5 Å². The van der Waals surface area contributed by atoms with E-state index >= 15 is 0 Å². The van der Waals surface area contributed by atoms with Gasteiger partial charge in [-0.25, -0.2) is 0 Å². The monoisotopic (exact) mass is 272 g/mol. The van der Waals surface area contributed by atoms with Gasteiger partial charge in [0.15, 0.2) is 0 Å². The zero-order chi connectivity index (χ0) is 13.9. The molecule has 2 aliphatic carbocycles. The Labute approximate surface area is 123 Å². The predicted molar refractivity (Wildman–Crippen MR) is 85.9 cm³/mol. The van der Waals surface area contributed by atoms with Gasteiger partial charge in [-0.2, -0.15) is 0 Å². The van der Waals surface area contributed by atoms with Gasteiger partial charge in [0.1, 0.15) is 0 Å². The third kappa shape index (κ3) is 3.01. The highest BCUT2D eigenvalue weighted by Crippen LogP contribution is 2.39. The smallest absolute Gasteiger partial charge is 0.0371 e. The lowest BCUT2D eigenvalue weighted by Crippen LogP contribution is -2.39. The Bertz CT molecular complexity index is 414. The first-order valence-corrected chi connectivity index (χ1v) is 8.39. The molecule has 0 aliphatic heterocycles. The van der Waals surface area contributed by atoms with Crippen LogP contribution in [0.3, 0.4) is 0 Å². The Morgan fingerprint density at radius 2 is 1.50 bits per heavy atom. The van der Waals surface area contributed by atoms with Gasteiger partial charge in [0.2, 0.25) is 0 Å². The van der Waals surface area contributed by atoms with Crippen molar-refractivity contribution in [2.75, 3.05) is 4.90 Å². The number of hydrogen-bond acceptors (Lipinski definition) is 2. The van der Waals surface area contributed by atoms with Crippen molar-refractivity contribution in [3.8, 4) is 0 Å². The van der Waals surface area contributed by atoms with E-state index in [1.807, 2.05) is 0 Å². The van der Waals surface area contributed by atoms with E-state index in [0.717, 1.165) is 18.0 Å². The Morgan fingerprint density at radius 3 is 1.95 bits per heavy atom. The van der Waals surface area contributed by atoms with Crippen LogP contribution < -0.4 is 10.6 Å². The minimum Gasteiger partial charge on any atom is -0.366 e. The molecule has 0 amide bonds. The van der Waals surface area contributed by atoms with Gasteiger partial charge in [-0.05, 0) is 62.1 Å². The van der Waals surface area contributed by atoms with Crippen molar-refractivity contribution in [1.29, 1.82) is 0 Å². The van der Waals surface area contributed by atoms with Crippen molar-refractivity contribution < 1.29 is 0 Å². The van der Waals surface area contributed by atoms with Gasteiger partial charge in [0.25, 0.3) is 0 Å². The highest BCUT2D eigenvalue weighted by Gasteiger charge is 2.35. The number of nitrogens with zero attached hydrogens (tertiary/aromatic N) is 1. The molecular formula is C18H28N2. The fourth-order valence-electron chi connectivity index (χ4n) is 3.71. The van der Waals surface area contributed by atoms with E-state index in [2.05, 4.69) is 36.1 Å². The summed E-state index contributed by atoms with van der Waals surface area (Å²) in [4.78, 5) is 2.73. The lowest BCUT2D eigenvalue weighted by atomic mass is 9.83. The molecule has 1 aromatic rings. The molecule has 0 unspecified atom stereocenters. The van der Waals surface area contributed by atoms with Gasteiger partial charge in [0.05, 0.1) is 0 Å². The Morgan fingerprint density at radius 1 is 0.950 bits per heavy atom. The first kappa shape index (κ1) is 13.9. The van der Waals surface area contributed by atoms with E-state index in [-0.39, 0.29) is 0 Å². The van der Waals surface area contributed by atoms with Crippen LogP contribution in [0.5, 0.6) is 0 Å². The maximum Gasteiger partial charge on any atom is 0.0371 e. The normalized spacial score (nSPS) is 26.5. The number of anilines is 1. The van der Waals surface area contributed by atoms with Crippen molar-refractivity contribution in [3.63, 3.8) is 0 Å². The van der Waals surface area contributed by atoms with Crippen LogP contribution >= 0.6 is 0 Å². The SMILES string of the molecule is CCC1CCC(N(c2ccc(CN)cc2)C2CC2)CC1. The fraction of sp³-hybridized carbons (Fsp3) is 0.667. The average Bonchev–Trinajstić information content (AvgIpc) is 3.34. The maximum absolute atomic E-state index is 5.71. The molecule has 2 aliphatic rings. The molecule has 0 atom stereocenters. The van der Waals surface area contributed by atoms with Crippen LogP contribution in [0.25, 0.3) is 0 Å². The molecule has 2 saturated carbocycles. The summed E-state index contributed by atoms with van der Waals surface area (Å²) in [6.07, 6.45) is 9.73. The second-order valence-electron chi connectivity index (χ2n) is 6.59. The molecule has 20 heavy (non-hydrogen) atoms. The number of nitrogens with two attached hydrogens (primary N) is 1. The largest absolute Gasteiger partial charge is 0.366 e. The summed E-state index contributed by atoms with van der Waals surface area (Å²) in [6.45, 7) is 2.99. The highest BCUT2D eigenvalue weighted by molar-refractivity contribution is 5.51. The van der Waals surface area contributed by atoms with E-state index in [9.17, 15) is 0 Å². The molecule has 2 N–H and O–H groups in total. The zero-order valence-electron chi connectivity index (χ0n) is 12.7. The lowest BCUT2D eigenvalue weighted by Gasteiger charge is -2.38. The van der Waals surface area contributed by atoms with Crippen molar-refractivity contribution in [1.82, 2.24) is 0 Å². The minimum absolute atomic E-state index is 0.644. The fourth-order valence-corrected chi connectivity index (χ4v) is 3.71. The topological polar surface area (TPSA) is 29.3 Å². The molecule has 110 valence electrons. The molecule has 1 aromatic carbocycles. The van der Waals surface area contributed by atoms with Gasteiger partial charge < -0.3 is 10.6 Å². The summed E-state index contributed by atoms with van der Waals surface area (Å²) in [6, 6.07) is 10.5. The van der Waals surface area contributed by atoms with Crippen molar-refractivity contribution in [2.45, 2.75) is 70.5 Å². The van der Waals surface area contributed by atoms with Crippen LogP contribution in [0.1, 0.15) is 57.4 Å². The molecule has 0 heterocycles. The van der Waals surface area contributed by atoms with Gasteiger partial charge in [-0.15, -0.1) is 0 Å². The second-order valence-corrected chi connectivity index (χ2v) is 6.59. The number of rotatable bonds is 5. The van der Waals surface area contributed by atoms with Crippen LogP contribution in [0.15, 0.2) is 24.3 Å². The average molecular weight is 272 g/mol. The molecule has 0 saturated heterocycles. The van der Waals surface area contributed by atoms with Gasteiger partial charge in [0, 0.05) is 24.3 Å². The molecule has 2 fully saturated rings. The Kier molecular flexibility index (Phi) is 4.30. The molecule has 3 rings (SSSR count). The first-order valence-electron chi connectivity index (χ1n) is 8.39. The minimum atomic E-state index is 0.644. The summed E-state index contributed by atoms with van der Waals surface area (Å²) >= 11 is 0.